The van der Waals surface area contributed by atoms with Crippen molar-refractivity contribution in [2.45, 2.75) is 37.2 Å². The first kappa shape index (κ1) is 20.2. The van der Waals surface area contributed by atoms with Crippen LogP contribution < -0.4 is 10.4 Å². The van der Waals surface area contributed by atoms with Gasteiger partial charge in [-0.2, -0.15) is 0 Å². The predicted octanol–water partition coefficient (Wildman–Crippen LogP) is 5.44. The van der Waals surface area contributed by atoms with Gasteiger partial charge in [0.15, 0.2) is 0 Å². The SMILES string of the molecule is COc1ccc2c(CSc3nnc(-c4ccc(C(C)(C)C)cc4)o3)cc(=O)oc2c1. The van der Waals surface area contributed by atoms with Crippen LogP contribution in [0.25, 0.3) is 22.4 Å². The Hall–Kier alpha value is -3.06. The Balaban J connectivity index is 1.53. The van der Waals surface area contributed by atoms with Gasteiger partial charge in [0.2, 0.25) is 5.89 Å². The number of fused-ring (bicyclic) bond motifs is 1. The van der Waals surface area contributed by atoms with E-state index in [9.17, 15) is 4.79 Å². The molecular weight excluding hydrogens is 400 g/mol. The van der Waals surface area contributed by atoms with E-state index in [1.807, 2.05) is 24.3 Å². The molecule has 0 saturated heterocycles. The van der Waals surface area contributed by atoms with Gasteiger partial charge in [-0.15, -0.1) is 10.2 Å². The van der Waals surface area contributed by atoms with Crippen molar-refractivity contribution >= 4 is 22.7 Å². The summed E-state index contributed by atoms with van der Waals surface area (Å²) in [7, 11) is 1.57. The van der Waals surface area contributed by atoms with Crippen molar-refractivity contribution < 1.29 is 13.6 Å². The molecular formula is C23H22N2O4S. The van der Waals surface area contributed by atoms with E-state index in [0.717, 1.165) is 16.5 Å². The molecule has 2 aromatic carbocycles. The average Bonchev–Trinajstić information content (AvgIpc) is 3.20. The zero-order chi connectivity index (χ0) is 21.3. The maximum Gasteiger partial charge on any atom is 0.336 e. The Morgan fingerprint density at radius 1 is 1.00 bits per heavy atom. The number of thioether (sulfide) groups is 1. The predicted molar refractivity (Wildman–Crippen MR) is 117 cm³/mol. The lowest BCUT2D eigenvalue weighted by molar-refractivity contribution is 0.414. The number of hydrogen-bond acceptors (Lipinski definition) is 7. The zero-order valence-corrected chi connectivity index (χ0v) is 18.1. The molecule has 0 unspecified atom stereocenters. The topological polar surface area (TPSA) is 78.4 Å². The van der Waals surface area contributed by atoms with Gasteiger partial charge >= 0.3 is 5.63 Å². The van der Waals surface area contributed by atoms with Gasteiger partial charge in [-0.3, -0.25) is 0 Å². The van der Waals surface area contributed by atoms with Gasteiger partial charge in [0, 0.05) is 28.8 Å². The first-order chi connectivity index (χ1) is 14.3. The van der Waals surface area contributed by atoms with E-state index in [1.165, 1.54) is 23.4 Å². The van der Waals surface area contributed by atoms with E-state index in [2.05, 4.69) is 43.1 Å². The lowest BCUT2D eigenvalue weighted by Crippen LogP contribution is -2.10. The van der Waals surface area contributed by atoms with Crippen molar-refractivity contribution in [1.82, 2.24) is 10.2 Å². The number of nitrogens with zero attached hydrogens (tertiary/aromatic N) is 2. The minimum Gasteiger partial charge on any atom is -0.497 e. The number of ether oxygens (including phenoxy) is 1. The normalized spacial score (nSPS) is 11.7. The number of methoxy groups -OCH3 is 1. The largest absolute Gasteiger partial charge is 0.497 e. The van der Waals surface area contributed by atoms with E-state index in [0.29, 0.717) is 28.2 Å². The second kappa shape index (κ2) is 7.99. The smallest absolute Gasteiger partial charge is 0.336 e. The van der Waals surface area contributed by atoms with Crippen LogP contribution in [0, 0.1) is 0 Å². The fourth-order valence-corrected chi connectivity index (χ4v) is 3.85. The van der Waals surface area contributed by atoms with Crippen molar-refractivity contribution in [2.24, 2.45) is 0 Å². The van der Waals surface area contributed by atoms with Gasteiger partial charge in [0.1, 0.15) is 11.3 Å². The third-order valence-electron chi connectivity index (χ3n) is 4.79. The molecule has 0 atom stereocenters. The van der Waals surface area contributed by atoms with Crippen LogP contribution in [0.5, 0.6) is 5.75 Å². The summed E-state index contributed by atoms with van der Waals surface area (Å²) in [5.41, 5.74) is 3.12. The highest BCUT2D eigenvalue weighted by Gasteiger charge is 2.15. The van der Waals surface area contributed by atoms with E-state index in [-0.39, 0.29) is 5.41 Å². The average molecular weight is 423 g/mol. The van der Waals surface area contributed by atoms with E-state index in [1.54, 1.807) is 13.2 Å². The van der Waals surface area contributed by atoms with Gasteiger partial charge in [-0.25, -0.2) is 4.79 Å². The van der Waals surface area contributed by atoms with Crippen molar-refractivity contribution in [3.05, 3.63) is 70.1 Å². The first-order valence-electron chi connectivity index (χ1n) is 9.51. The number of benzene rings is 2. The van der Waals surface area contributed by atoms with E-state index in [4.69, 9.17) is 13.6 Å². The molecule has 30 heavy (non-hydrogen) atoms. The van der Waals surface area contributed by atoms with Crippen molar-refractivity contribution in [3.8, 4) is 17.2 Å². The van der Waals surface area contributed by atoms with Crippen LogP contribution in [0.4, 0.5) is 0 Å². The second-order valence-corrected chi connectivity index (χ2v) is 8.87. The summed E-state index contributed by atoms with van der Waals surface area (Å²) in [6.07, 6.45) is 0. The van der Waals surface area contributed by atoms with Gasteiger partial charge in [0.05, 0.1) is 7.11 Å². The van der Waals surface area contributed by atoms with Gasteiger partial charge < -0.3 is 13.6 Å². The molecule has 0 aliphatic heterocycles. The summed E-state index contributed by atoms with van der Waals surface area (Å²) < 4.78 is 16.3. The molecule has 154 valence electrons. The monoisotopic (exact) mass is 422 g/mol. The maximum absolute atomic E-state index is 11.9. The standard InChI is InChI=1S/C23H22N2O4S/c1-23(2,3)16-7-5-14(6-8-16)21-24-25-22(29-21)30-13-15-11-20(26)28-19-12-17(27-4)9-10-18(15)19/h5-12H,13H2,1-4H3. The van der Waals surface area contributed by atoms with E-state index >= 15 is 0 Å². The molecule has 0 spiro atoms. The van der Waals surface area contributed by atoms with Crippen LogP contribution in [0.1, 0.15) is 31.9 Å². The van der Waals surface area contributed by atoms with Gasteiger partial charge in [-0.1, -0.05) is 44.7 Å². The Morgan fingerprint density at radius 2 is 1.77 bits per heavy atom. The highest BCUT2D eigenvalue weighted by molar-refractivity contribution is 7.98. The zero-order valence-electron chi connectivity index (χ0n) is 17.3. The molecule has 0 aliphatic rings. The molecule has 0 saturated carbocycles. The molecule has 2 heterocycles. The highest BCUT2D eigenvalue weighted by atomic mass is 32.2. The van der Waals surface area contributed by atoms with Crippen LogP contribution in [-0.2, 0) is 11.2 Å². The van der Waals surface area contributed by atoms with Crippen LogP contribution >= 0.6 is 11.8 Å². The van der Waals surface area contributed by atoms with Crippen LogP contribution in [-0.4, -0.2) is 17.3 Å². The number of aromatic nitrogens is 2. The molecule has 0 radical (unpaired) electrons. The molecule has 0 amide bonds. The van der Waals surface area contributed by atoms with Crippen LogP contribution in [0.15, 0.2) is 67.4 Å². The van der Waals surface area contributed by atoms with Crippen molar-refractivity contribution in [1.29, 1.82) is 0 Å². The Bertz CT molecular complexity index is 1240. The van der Waals surface area contributed by atoms with Crippen LogP contribution in [0.2, 0.25) is 0 Å². The van der Waals surface area contributed by atoms with Crippen LogP contribution in [0.3, 0.4) is 0 Å². The summed E-state index contributed by atoms with van der Waals surface area (Å²) in [5, 5.41) is 9.58. The molecule has 0 aliphatic carbocycles. The molecule has 2 aromatic heterocycles. The highest BCUT2D eigenvalue weighted by Crippen LogP contribution is 2.30. The quantitative estimate of drug-likeness (QED) is 0.313. The lowest BCUT2D eigenvalue weighted by Gasteiger charge is -2.18. The molecule has 0 bridgehead atoms. The Kier molecular flexibility index (Phi) is 5.39. The molecule has 4 aromatic rings. The van der Waals surface area contributed by atoms with Crippen molar-refractivity contribution in [3.63, 3.8) is 0 Å². The van der Waals surface area contributed by atoms with Crippen molar-refractivity contribution in [2.75, 3.05) is 7.11 Å². The summed E-state index contributed by atoms with van der Waals surface area (Å²) in [5.74, 6) is 1.61. The number of rotatable bonds is 5. The summed E-state index contributed by atoms with van der Waals surface area (Å²) in [6, 6.07) is 15.1. The lowest BCUT2D eigenvalue weighted by atomic mass is 9.87. The second-order valence-electron chi connectivity index (χ2n) is 7.94. The fraction of sp³-hybridized carbons (Fsp3) is 0.261. The Morgan fingerprint density at radius 3 is 2.47 bits per heavy atom. The first-order valence-corrected chi connectivity index (χ1v) is 10.5. The summed E-state index contributed by atoms with van der Waals surface area (Å²) >= 11 is 1.38. The Labute approximate surface area is 178 Å². The maximum atomic E-state index is 11.9. The third-order valence-corrected chi connectivity index (χ3v) is 5.66. The number of hydrogen-bond donors (Lipinski definition) is 0. The third kappa shape index (κ3) is 4.26. The molecule has 0 fully saturated rings. The van der Waals surface area contributed by atoms with Gasteiger partial charge in [0.25, 0.3) is 5.22 Å². The summed E-state index contributed by atoms with van der Waals surface area (Å²) in [4.78, 5) is 11.9. The molecule has 0 N–H and O–H groups in total. The summed E-state index contributed by atoms with van der Waals surface area (Å²) in [6.45, 7) is 6.52. The molecule has 6 nitrogen and oxygen atoms in total. The molecule has 7 heteroatoms. The minimum absolute atomic E-state index is 0.0869. The fourth-order valence-electron chi connectivity index (χ4n) is 3.09. The van der Waals surface area contributed by atoms with E-state index < -0.39 is 5.63 Å². The van der Waals surface area contributed by atoms with Gasteiger partial charge in [-0.05, 0) is 40.8 Å². The molecule has 4 rings (SSSR count). The minimum atomic E-state index is -0.406.